The van der Waals surface area contributed by atoms with Crippen LogP contribution in [0.4, 0.5) is 17.6 Å². The molecule has 0 amide bonds. The third-order valence-electron chi connectivity index (χ3n) is 7.09. The lowest BCUT2D eigenvalue weighted by Gasteiger charge is -2.42. The van der Waals surface area contributed by atoms with Crippen molar-refractivity contribution in [2.75, 3.05) is 26.2 Å². The molecule has 0 radical (unpaired) electrons. The van der Waals surface area contributed by atoms with Crippen LogP contribution in [0.25, 0.3) is 16.6 Å². The lowest BCUT2D eigenvalue weighted by molar-refractivity contribution is -0.176. The van der Waals surface area contributed by atoms with Crippen LogP contribution in [0.15, 0.2) is 53.8 Å². The Morgan fingerprint density at radius 1 is 1.08 bits per heavy atom. The van der Waals surface area contributed by atoms with Crippen molar-refractivity contribution in [3.05, 3.63) is 65.7 Å². The Hall–Kier alpha value is -3.36. The van der Waals surface area contributed by atoms with Gasteiger partial charge in [-0.1, -0.05) is 6.92 Å². The summed E-state index contributed by atoms with van der Waals surface area (Å²) >= 11 is 0. The van der Waals surface area contributed by atoms with E-state index in [1.807, 2.05) is 19.1 Å². The second-order valence-corrected chi connectivity index (χ2v) is 11.7. The molecule has 0 saturated carbocycles. The minimum absolute atomic E-state index is 0.0176. The standard InChI is InChI=1S/C25H27F4N7O2S/c1-16-10-22-18(12-31-36(22)20-6-4-19(26)5-7-20)11-21(16)23-15-35(39(37,38)24-13-30-33(3)32-24)9-8-34(23)14-17(2)25(27,28)29/h4-7,10-13,17,23H,8-9,14-15H2,1-3H3/t17-,23-/m0/s1. The predicted molar refractivity (Wildman–Crippen MR) is 135 cm³/mol. The van der Waals surface area contributed by atoms with Gasteiger partial charge in [-0.15, -0.1) is 5.10 Å². The number of rotatable bonds is 6. The van der Waals surface area contributed by atoms with Crippen LogP contribution in [-0.4, -0.2) is 74.8 Å². The van der Waals surface area contributed by atoms with Crippen LogP contribution in [0.3, 0.4) is 0 Å². The maximum Gasteiger partial charge on any atom is 0.392 e. The number of benzene rings is 2. The van der Waals surface area contributed by atoms with Gasteiger partial charge >= 0.3 is 6.18 Å². The Balaban J connectivity index is 1.54. The molecule has 1 saturated heterocycles. The van der Waals surface area contributed by atoms with Crippen molar-refractivity contribution >= 4 is 20.9 Å². The number of halogens is 4. The van der Waals surface area contributed by atoms with Gasteiger partial charge in [0, 0.05) is 44.7 Å². The van der Waals surface area contributed by atoms with Crippen LogP contribution in [0.1, 0.15) is 24.1 Å². The number of hydrogen-bond acceptors (Lipinski definition) is 6. The van der Waals surface area contributed by atoms with Gasteiger partial charge in [-0.05, 0) is 54.4 Å². The number of sulfonamides is 1. The molecule has 1 fully saturated rings. The molecule has 0 spiro atoms. The topological polar surface area (TPSA) is 89.2 Å². The average molecular weight is 566 g/mol. The molecule has 208 valence electrons. The zero-order chi connectivity index (χ0) is 28.1. The normalized spacial score (nSPS) is 18.6. The Kier molecular flexibility index (Phi) is 6.97. The second kappa shape index (κ2) is 9.99. The van der Waals surface area contributed by atoms with E-state index in [-0.39, 0.29) is 37.0 Å². The summed E-state index contributed by atoms with van der Waals surface area (Å²) < 4.78 is 83.5. The largest absolute Gasteiger partial charge is 0.392 e. The number of fused-ring (bicyclic) bond motifs is 1. The second-order valence-electron chi connectivity index (χ2n) is 9.79. The summed E-state index contributed by atoms with van der Waals surface area (Å²) in [4.78, 5) is 2.84. The highest BCUT2D eigenvalue weighted by Crippen LogP contribution is 2.36. The molecule has 3 heterocycles. The third-order valence-corrected chi connectivity index (χ3v) is 8.82. The molecule has 1 aliphatic heterocycles. The number of alkyl halides is 3. The first-order valence-electron chi connectivity index (χ1n) is 12.3. The van der Waals surface area contributed by atoms with Crippen molar-refractivity contribution in [2.45, 2.75) is 31.1 Å². The number of piperazine rings is 1. The van der Waals surface area contributed by atoms with Gasteiger partial charge in [0.05, 0.1) is 29.5 Å². The summed E-state index contributed by atoms with van der Waals surface area (Å²) in [6.45, 7) is 2.75. The van der Waals surface area contributed by atoms with Gasteiger partial charge in [0.2, 0.25) is 5.03 Å². The first-order valence-corrected chi connectivity index (χ1v) is 13.7. The van der Waals surface area contributed by atoms with Gasteiger partial charge in [0.25, 0.3) is 10.0 Å². The number of aryl methyl sites for hydroxylation is 2. The highest BCUT2D eigenvalue weighted by molar-refractivity contribution is 7.89. The number of hydrogen-bond donors (Lipinski definition) is 0. The van der Waals surface area contributed by atoms with E-state index in [0.717, 1.165) is 34.4 Å². The first kappa shape index (κ1) is 27.2. The van der Waals surface area contributed by atoms with Crippen molar-refractivity contribution in [1.29, 1.82) is 0 Å². The van der Waals surface area contributed by atoms with Crippen molar-refractivity contribution in [1.82, 2.24) is 34.0 Å². The average Bonchev–Trinajstić information content (AvgIpc) is 3.50. The molecule has 0 bridgehead atoms. The van der Waals surface area contributed by atoms with E-state index < -0.39 is 28.2 Å². The zero-order valence-corrected chi connectivity index (χ0v) is 22.3. The fraction of sp³-hybridized carbons (Fsp3) is 0.400. The van der Waals surface area contributed by atoms with Crippen LogP contribution < -0.4 is 0 Å². The molecule has 39 heavy (non-hydrogen) atoms. The van der Waals surface area contributed by atoms with Crippen molar-refractivity contribution in [3.8, 4) is 5.69 Å². The van der Waals surface area contributed by atoms with E-state index in [9.17, 15) is 26.0 Å². The van der Waals surface area contributed by atoms with Crippen LogP contribution in [-0.2, 0) is 17.1 Å². The molecule has 14 heteroatoms. The Morgan fingerprint density at radius 2 is 1.79 bits per heavy atom. The third kappa shape index (κ3) is 5.28. The van der Waals surface area contributed by atoms with E-state index in [2.05, 4.69) is 15.3 Å². The summed E-state index contributed by atoms with van der Waals surface area (Å²) in [7, 11) is -2.51. The van der Waals surface area contributed by atoms with Gasteiger partial charge in [0.15, 0.2) is 0 Å². The Labute approximate surface area is 222 Å². The molecule has 2 aromatic carbocycles. The van der Waals surface area contributed by atoms with Crippen LogP contribution in [0.2, 0.25) is 0 Å². The fourth-order valence-corrected chi connectivity index (χ4v) is 6.23. The minimum atomic E-state index is -4.39. The SMILES string of the molecule is Cc1cc2c(cnn2-c2ccc(F)cc2)cc1[C@@H]1CN(S(=O)(=O)c2cnn(C)n2)CCN1C[C@H](C)C(F)(F)F. The molecule has 9 nitrogen and oxygen atoms in total. The summed E-state index contributed by atoms with van der Waals surface area (Å²) in [5.74, 6) is -1.98. The molecular weight excluding hydrogens is 538 g/mol. The number of nitrogens with zero attached hydrogens (tertiary/aromatic N) is 7. The predicted octanol–water partition coefficient (Wildman–Crippen LogP) is 3.85. The summed E-state index contributed by atoms with van der Waals surface area (Å²) in [5.41, 5.74) is 2.85. The van der Waals surface area contributed by atoms with Crippen molar-refractivity contribution < 1.29 is 26.0 Å². The van der Waals surface area contributed by atoms with Crippen LogP contribution in [0.5, 0.6) is 0 Å². The fourth-order valence-electron chi connectivity index (χ4n) is 4.90. The highest BCUT2D eigenvalue weighted by Gasteiger charge is 2.42. The molecule has 2 atom stereocenters. The van der Waals surface area contributed by atoms with E-state index in [0.29, 0.717) is 11.3 Å². The summed E-state index contributed by atoms with van der Waals surface area (Å²) in [6.07, 6.45) is -1.60. The molecule has 4 aromatic rings. The van der Waals surface area contributed by atoms with Crippen molar-refractivity contribution in [2.24, 2.45) is 13.0 Å². The highest BCUT2D eigenvalue weighted by atomic mass is 32.2. The molecule has 1 aliphatic rings. The zero-order valence-electron chi connectivity index (χ0n) is 21.5. The van der Waals surface area contributed by atoms with Gasteiger partial charge < -0.3 is 0 Å². The maximum atomic E-state index is 13.5. The minimum Gasteiger partial charge on any atom is -0.293 e. The molecule has 0 unspecified atom stereocenters. The Bertz CT molecular complexity index is 1600. The van der Waals surface area contributed by atoms with Gasteiger partial charge in [-0.3, -0.25) is 4.90 Å². The van der Waals surface area contributed by atoms with Gasteiger partial charge in [0.1, 0.15) is 5.82 Å². The first-order chi connectivity index (χ1) is 18.3. The lowest BCUT2D eigenvalue weighted by Crippen LogP contribution is -2.52. The van der Waals surface area contributed by atoms with Crippen LogP contribution >= 0.6 is 0 Å². The summed E-state index contributed by atoms with van der Waals surface area (Å²) in [6, 6.07) is 8.92. The van der Waals surface area contributed by atoms with E-state index in [1.165, 1.54) is 23.5 Å². The quantitative estimate of drug-likeness (QED) is 0.330. The lowest BCUT2D eigenvalue weighted by atomic mass is 9.95. The molecule has 2 aromatic heterocycles. The van der Waals surface area contributed by atoms with Gasteiger partial charge in [-0.25, -0.2) is 17.5 Å². The van der Waals surface area contributed by atoms with E-state index >= 15 is 0 Å². The van der Waals surface area contributed by atoms with Crippen molar-refractivity contribution in [3.63, 3.8) is 0 Å². The van der Waals surface area contributed by atoms with E-state index in [1.54, 1.807) is 27.9 Å². The molecular formula is C25H27F4N7O2S. The monoisotopic (exact) mass is 565 g/mol. The van der Waals surface area contributed by atoms with Crippen LogP contribution in [0, 0.1) is 18.7 Å². The molecule has 0 N–H and O–H groups in total. The smallest absolute Gasteiger partial charge is 0.293 e. The summed E-state index contributed by atoms with van der Waals surface area (Å²) in [5, 5.41) is 12.7. The Morgan fingerprint density at radius 3 is 2.44 bits per heavy atom. The molecule has 0 aliphatic carbocycles. The van der Waals surface area contributed by atoms with E-state index in [4.69, 9.17) is 0 Å². The maximum absolute atomic E-state index is 13.5. The number of aromatic nitrogens is 5. The van der Waals surface area contributed by atoms with Gasteiger partial charge in [-0.2, -0.15) is 32.5 Å². The molecule has 5 rings (SSSR count).